The molecule has 0 fully saturated rings. The van der Waals surface area contributed by atoms with Gasteiger partial charge in [0.25, 0.3) is 0 Å². The van der Waals surface area contributed by atoms with Crippen molar-refractivity contribution in [3.05, 3.63) is 30.3 Å². The van der Waals surface area contributed by atoms with Crippen LogP contribution in [0.4, 0.5) is 10.5 Å². The summed E-state index contributed by atoms with van der Waals surface area (Å²) in [6, 6.07) is 8.51. The van der Waals surface area contributed by atoms with Crippen LogP contribution >= 0.6 is 0 Å². The third-order valence-electron chi connectivity index (χ3n) is 3.04. The van der Waals surface area contributed by atoms with Crippen LogP contribution in [0.3, 0.4) is 0 Å². The van der Waals surface area contributed by atoms with Gasteiger partial charge in [0.2, 0.25) is 0 Å². The number of nitrogens with one attached hydrogen (secondary N) is 1. The lowest BCUT2D eigenvalue weighted by molar-refractivity contribution is -0.135. The van der Waals surface area contributed by atoms with Crippen molar-refractivity contribution in [2.24, 2.45) is 0 Å². The van der Waals surface area contributed by atoms with Gasteiger partial charge in [-0.25, -0.2) is 4.79 Å². The summed E-state index contributed by atoms with van der Waals surface area (Å²) in [6.45, 7) is 2.06. The Morgan fingerprint density at radius 3 is 2.35 bits per heavy atom. The van der Waals surface area contributed by atoms with E-state index in [1.54, 1.807) is 24.3 Å². The molecule has 6 heteroatoms. The number of carbonyl (C=O) groups is 2. The van der Waals surface area contributed by atoms with Crippen molar-refractivity contribution in [1.82, 2.24) is 10.2 Å². The van der Waals surface area contributed by atoms with Gasteiger partial charge in [0.1, 0.15) is 6.54 Å². The Labute approximate surface area is 119 Å². The Hall–Kier alpha value is -2.08. The van der Waals surface area contributed by atoms with Gasteiger partial charge < -0.3 is 15.3 Å². The van der Waals surface area contributed by atoms with Crippen LogP contribution in [0, 0.1) is 0 Å². The van der Waals surface area contributed by atoms with Crippen LogP contribution in [0.2, 0.25) is 0 Å². The van der Waals surface area contributed by atoms with Gasteiger partial charge in [0.05, 0.1) is 0 Å². The van der Waals surface area contributed by atoms with Gasteiger partial charge >= 0.3 is 12.0 Å². The van der Waals surface area contributed by atoms with Crippen LogP contribution in [0.15, 0.2) is 30.3 Å². The molecule has 1 aromatic rings. The number of anilines is 1. The molecule has 1 rings (SSSR count). The number of benzene rings is 1. The second-order valence-electron chi connectivity index (χ2n) is 4.81. The molecule has 0 heterocycles. The molecule has 0 bridgehead atoms. The van der Waals surface area contributed by atoms with E-state index in [1.165, 1.54) is 4.90 Å². The van der Waals surface area contributed by atoms with E-state index in [2.05, 4.69) is 5.32 Å². The number of rotatable bonds is 6. The zero-order valence-corrected chi connectivity index (χ0v) is 12.0. The van der Waals surface area contributed by atoms with Crippen molar-refractivity contribution >= 4 is 17.7 Å². The molecule has 20 heavy (non-hydrogen) atoms. The predicted molar refractivity (Wildman–Crippen MR) is 78.0 cm³/mol. The van der Waals surface area contributed by atoms with E-state index in [9.17, 15) is 9.59 Å². The highest BCUT2D eigenvalue weighted by Gasteiger charge is 2.19. The minimum atomic E-state index is -1.05. The number of para-hydroxylation sites is 1. The van der Waals surface area contributed by atoms with E-state index in [4.69, 9.17) is 5.11 Å². The molecule has 110 valence electrons. The summed E-state index contributed by atoms with van der Waals surface area (Å²) < 4.78 is 0. The lowest BCUT2D eigenvalue weighted by atomic mass is 10.3. The number of urea groups is 1. The maximum Gasteiger partial charge on any atom is 0.323 e. The fraction of sp³-hybridized carbons (Fsp3) is 0.429. The fourth-order valence-corrected chi connectivity index (χ4v) is 1.54. The van der Waals surface area contributed by atoms with Gasteiger partial charge in [-0.2, -0.15) is 0 Å². The van der Waals surface area contributed by atoms with Crippen molar-refractivity contribution in [3.63, 3.8) is 0 Å². The van der Waals surface area contributed by atoms with Crippen LogP contribution in [0.1, 0.15) is 6.92 Å². The number of carbonyl (C=O) groups excluding carboxylic acids is 1. The molecule has 0 aliphatic rings. The number of carboxylic acids is 1. The Balaban J connectivity index is 2.73. The van der Waals surface area contributed by atoms with Gasteiger partial charge in [-0.3, -0.25) is 9.69 Å². The fourth-order valence-electron chi connectivity index (χ4n) is 1.54. The molecule has 1 unspecified atom stereocenters. The Kier molecular flexibility index (Phi) is 5.99. The number of hydrogen-bond donors (Lipinski definition) is 2. The summed E-state index contributed by atoms with van der Waals surface area (Å²) in [5.74, 6) is -1.05. The maximum atomic E-state index is 12.1. The average molecular weight is 279 g/mol. The van der Waals surface area contributed by atoms with E-state index in [-0.39, 0.29) is 12.6 Å². The highest BCUT2D eigenvalue weighted by atomic mass is 16.4. The van der Waals surface area contributed by atoms with Crippen molar-refractivity contribution in [3.8, 4) is 0 Å². The second kappa shape index (κ2) is 7.49. The Morgan fingerprint density at radius 1 is 1.25 bits per heavy atom. The lowest BCUT2D eigenvalue weighted by Gasteiger charge is -2.24. The van der Waals surface area contributed by atoms with E-state index in [0.717, 1.165) is 0 Å². The molecular weight excluding hydrogens is 258 g/mol. The molecule has 0 saturated carbocycles. The highest BCUT2D eigenvalue weighted by molar-refractivity contribution is 5.96. The molecule has 2 amide bonds. The topological polar surface area (TPSA) is 72.9 Å². The van der Waals surface area contributed by atoms with Crippen LogP contribution in [-0.2, 0) is 4.79 Å². The third kappa shape index (κ3) is 4.89. The Bertz CT molecular complexity index is 448. The average Bonchev–Trinajstić information content (AvgIpc) is 2.42. The number of amides is 2. The summed E-state index contributed by atoms with van der Waals surface area (Å²) >= 11 is 0. The number of nitrogens with zero attached hydrogens (tertiary/aromatic N) is 2. The lowest BCUT2D eigenvalue weighted by Crippen LogP contribution is -2.47. The SMILES string of the molecule is CC(CNC(=O)N(CC(=O)O)c1ccccc1)N(C)C. The highest BCUT2D eigenvalue weighted by Crippen LogP contribution is 2.13. The minimum Gasteiger partial charge on any atom is -0.480 e. The van der Waals surface area contributed by atoms with E-state index >= 15 is 0 Å². The van der Waals surface area contributed by atoms with Crippen molar-refractivity contribution in [2.75, 3.05) is 32.1 Å². The normalized spacial score (nSPS) is 12.0. The Morgan fingerprint density at radius 2 is 1.85 bits per heavy atom. The molecular formula is C14H21N3O3. The summed E-state index contributed by atoms with van der Waals surface area (Å²) in [7, 11) is 3.84. The van der Waals surface area contributed by atoms with E-state index < -0.39 is 12.0 Å². The van der Waals surface area contributed by atoms with E-state index in [1.807, 2.05) is 32.0 Å². The van der Waals surface area contributed by atoms with Crippen LogP contribution in [-0.4, -0.2) is 55.2 Å². The van der Waals surface area contributed by atoms with Crippen LogP contribution < -0.4 is 10.2 Å². The minimum absolute atomic E-state index is 0.168. The van der Waals surface area contributed by atoms with Crippen LogP contribution in [0.25, 0.3) is 0 Å². The van der Waals surface area contributed by atoms with Crippen molar-refractivity contribution < 1.29 is 14.7 Å². The molecule has 0 aliphatic carbocycles. The quantitative estimate of drug-likeness (QED) is 0.821. The summed E-state index contributed by atoms with van der Waals surface area (Å²) in [6.07, 6.45) is 0. The summed E-state index contributed by atoms with van der Waals surface area (Å²) in [4.78, 5) is 26.2. The van der Waals surface area contributed by atoms with Gasteiger partial charge in [-0.1, -0.05) is 18.2 Å². The molecule has 0 radical (unpaired) electrons. The first-order valence-corrected chi connectivity index (χ1v) is 6.40. The van der Waals surface area contributed by atoms with Crippen LogP contribution in [0.5, 0.6) is 0 Å². The maximum absolute atomic E-state index is 12.1. The third-order valence-corrected chi connectivity index (χ3v) is 3.04. The molecule has 6 nitrogen and oxygen atoms in total. The van der Waals surface area contributed by atoms with Gasteiger partial charge in [0, 0.05) is 18.3 Å². The first-order valence-electron chi connectivity index (χ1n) is 6.40. The predicted octanol–water partition coefficient (Wildman–Crippen LogP) is 1.24. The van der Waals surface area contributed by atoms with Gasteiger partial charge in [-0.15, -0.1) is 0 Å². The second-order valence-corrected chi connectivity index (χ2v) is 4.81. The molecule has 0 spiro atoms. The molecule has 0 aromatic heterocycles. The molecule has 0 saturated heterocycles. The number of carboxylic acid groups (broad SMARTS) is 1. The number of likely N-dealkylation sites (N-methyl/N-ethyl adjacent to an activating group) is 1. The largest absolute Gasteiger partial charge is 0.480 e. The molecule has 1 aromatic carbocycles. The summed E-state index contributed by atoms with van der Waals surface area (Å²) in [5.41, 5.74) is 0.560. The van der Waals surface area contributed by atoms with Gasteiger partial charge in [-0.05, 0) is 33.2 Å². The zero-order chi connectivity index (χ0) is 15.1. The number of aliphatic carboxylic acids is 1. The smallest absolute Gasteiger partial charge is 0.323 e. The first-order chi connectivity index (χ1) is 9.41. The monoisotopic (exact) mass is 279 g/mol. The van der Waals surface area contributed by atoms with E-state index in [0.29, 0.717) is 12.2 Å². The molecule has 1 atom stereocenters. The van der Waals surface area contributed by atoms with Crippen molar-refractivity contribution in [2.45, 2.75) is 13.0 Å². The van der Waals surface area contributed by atoms with Gasteiger partial charge in [0.15, 0.2) is 0 Å². The summed E-state index contributed by atoms with van der Waals surface area (Å²) in [5, 5.41) is 11.7. The zero-order valence-electron chi connectivity index (χ0n) is 12.0. The number of hydrogen-bond acceptors (Lipinski definition) is 3. The molecule has 2 N–H and O–H groups in total. The standard InChI is InChI=1S/C14H21N3O3/c1-11(16(2)3)9-15-14(20)17(10-13(18)19)12-7-5-4-6-8-12/h4-8,11H,9-10H2,1-3H3,(H,15,20)(H,18,19). The molecule has 0 aliphatic heterocycles. The first kappa shape index (κ1) is 16.0. The van der Waals surface area contributed by atoms with Crippen molar-refractivity contribution in [1.29, 1.82) is 0 Å².